The van der Waals surface area contributed by atoms with E-state index in [9.17, 15) is 0 Å². The monoisotopic (exact) mass is 331 g/mol. The zero-order chi connectivity index (χ0) is 11.2. The second-order valence-electron chi connectivity index (χ2n) is 4.29. The Labute approximate surface area is 111 Å². The molecule has 0 amide bonds. The zero-order valence-electron chi connectivity index (χ0n) is 9.42. The lowest BCUT2D eigenvalue weighted by molar-refractivity contribution is 0.251. The first-order valence-corrected chi connectivity index (χ1v) is 7.01. The third kappa shape index (κ3) is 3.94. The lowest BCUT2D eigenvalue weighted by Gasteiger charge is -2.22. The van der Waals surface area contributed by atoms with Crippen molar-refractivity contribution in [2.75, 3.05) is 19.7 Å². The van der Waals surface area contributed by atoms with Gasteiger partial charge in [0.25, 0.3) is 0 Å². The van der Waals surface area contributed by atoms with Crippen LogP contribution in [0, 0.1) is 9.49 Å². The van der Waals surface area contributed by atoms with Crippen molar-refractivity contribution < 1.29 is 4.74 Å². The van der Waals surface area contributed by atoms with Crippen molar-refractivity contribution in [3.05, 3.63) is 27.8 Å². The van der Waals surface area contributed by atoms with Crippen LogP contribution in [0.4, 0.5) is 0 Å². The minimum Gasteiger partial charge on any atom is -0.494 e. The molecule has 1 aliphatic heterocycles. The first kappa shape index (κ1) is 12.2. The molecule has 16 heavy (non-hydrogen) atoms. The third-order valence-corrected chi connectivity index (χ3v) is 3.72. The van der Waals surface area contributed by atoms with Crippen molar-refractivity contribution >= 4 is 22.6 Å². The van der Waals surface area contributed by atoms with E-state index in [0.29, 0.717) is 0 Å². The molecule has 2 nitrogen and oxygen atoms in total. The molecule has 1 fully saturated rings. The highest BCUT2D eigenvalue weighted by atomic mass is 127. The molecule has 1 aromatic carbocycles. The Morgan fingerprint density at radius 1 is 1.31 bits per heavy atom. The molecule has 3 heteroatoms. The molecule has 0 aliphatic carbocycles. The van der Waals surface area contributed by atoms with Crippen molar-refractivity contribution in [1.29, 1.82) is 0 Å². The van der Waals surface area contributed by atoms with E-state index < -0.39 is 0 Å². The number of halogens is 1. The molecule has 1 heterocycles. The predicted molar refractivity (Wildman–Crippen MR) is 74.9 cm³/mol. The fourth-order valence-corrected chi connectivity index (χ4v) is 2.59. The van der Waals surface area contributed by atoms with Gasteiger partial charge in [-0.05, 0) is 79.1 Å². The van der Waals surface area contributed by atoms with Gasteiger partial charge in [-0.1, -0.05) is 6.07 Å². The van der Waals surface area contributed by atoms with Crippen LogP contribution in [0.25, 0.3) is 0 Å². The summed E-state index contributed by atoms with van der Waals surface area (Å²) >= 11 is 2.31. The SMILES string of the molecule is Ic1cccc(OCCC2CCNCC2)c1. The van der Waals surface area contributed by atoms with Crippen LogP contribution >= 0.6 is 22.6 Å². The smallest absolute Gasteiger partial charge is 0.120 e. The highest BCUT2D eigenvalue weighted by molar-refractivity contribution is 14.1. The molecule has 0 atom stereocenters. The topological polar surface area (TPSA) is 21.3 Å². The second kappa shape index (κ2) is 6.45. The minimum absolute atomic E-state index is 0.851. The van der Waals surface area contributed by atoms with E-state index in [2.05, 4.69) is 40.0 Å². The van der Waals surface area contributed by atoms with Gasteiger partial charge in [-0.2, -0.15) is 0 Å². The summed E-state index contributed by atoms with van der Waals surface area (Å²) in [5.41, 5.74) is 0. The minimum atomic E-state index is 0.851. The standard InChI is InChI=1S/C13H18INO/c14-12-2-1-3-13(10-12)16-9-6-11-4-7-15-8-5-11/h1-3,10-11,15H,4-9H2. The molecule has 88 valence electrons. The number of rotatable bonds is 4. The largest absolute Gasteiger partial charge is 0.494 e. The van der Waals surface area contributed by atoms with Crippen LogP contribution in [0.3, 0.4) is 0 Å². The molecule has 0 spiro atoms. The fourth-order valence-electron chi connectivity index (χ4n) is 2.07. The molecular weight excluding hydrogens is 313 g/mol. The number of nitrogens with one attached hydrogen (secondary N) is 1. The van der Waals surface area contributed by atoms with Crippen LogP contribution in [0.2, 0.25) is 0 Å². The van der Waals surface area contributed by atoms with Crippen LogP contribution < -0.4 is 10.1 Å². The maximum atomic E-state index is 5.76. The summed E-state index contributed by atoms with van der Waals surface area (Å²) in [5.74, 6) is 1.85. The Kier molecular flexibility index (Phi) is 4.91. The molecular formula is C13H18INO. The Balaban J connectivity index is 1.71. The molecule has 1 aliphatic rings. The van der Waals surface area contributed by atoms with E-state index >= 15 is 0 Å². The van der Waals surface area contributed by atoms with E-state index in [4.69, 9.17) is 4.74 Å². The van der Waals surface area contributed by atoms with E-state index in [-0.39, 0.29) is 0 Å². The average molecular weight is 331 g/mol. The number of benzene rings is 1. The van der Waals surface area contributed by atoms with Crippen molar-refractivity contribution in [2.24, 2.45) is 5.92 Å². The van der Waals surface area contributed by atoms with Crippen LogP contribution in [0.1, 0.15) is 19.3 Å². The number of hydrogen-bond acceptors (Lipinski definition) is 2. The quantitative estimate of drug-likeness (QED) is 0.857. The summed E-state index contributed by atoms with van der Waals surface area (Å²) < 4.78 is 7.00. The van der Waals surface area contributed by atoms with Crippen molar-refractivity contribution in [1.82, 2.24) is 5.32 Å². The number of piperidine rings is 1. The van der Waals surface area contributed by atoms with E-state index in [0.717, 1.165) is 18.3 Å². The van der Waals surface area contributed by atoms with E-state index in [1.807, 2.05) is 12.1 Å². The Bertz CT molecular complexity index is 323. The van der Waals surface area contributed by atoms with Gasteiger partial charge in [-0.25, -0.2) is 0 Å². The summed E-state index contributed by atoms with van der Waals surface area (Å²) in [6, 6.07) is 8.25. The highest BCUT2D eigenvalue weighted by Crippen LogP contribution is 2.18. The van der Waals surface area contributed by atoms with Gasteiger partial charge in [0.1, 0.15) is 5.75 Å². The maximum absolute atomic E-state index is 5.76. The van der Waals surface area contributed by atoms with Gasteiger partial charge in [-0.3, -0.25) is 0 Å². The van der Waals surface area contributed by atoms with Gasteiger partial charge >= 0.3 is 0 Å². The van der Waals surface area contributed by atoms with Crippen LogP contribution in [-0.2, 0) is 0 Å². The molecule has 0 saturated carbocycles. The van der Waals surface area contributed by atoms with Gasteiger partial charge < -0.3 is 10.1 Å². The first-order valence-electron chi connectivity index (χ1n) is 5.94. The van der Waals surface area contributed by atoms with E-state index in [1.54, 1.807) is 0 Å². The number of hydrogen-bond donors (Lipinski definition) is 1. The molecule has 0 radical (unpaired) electrons. The van der Waals surface area contributed by atoms with Crippen molar-refractivity contribution in [3.63, 3.8) is 0 Å². The zero-order valence-corrected chi connectivity index (χ0v) is 11.6. The van der Waals surface area contributed by atoms with Gasteiger partial charge in [0, 0.05) is 3.57 Å². The third-order valence-electron chi connectivity index (χ3n) is 3.05. The van der Waals surface area contributed by atoms with Crippen molar-refractivity contribution in [3.8, 4) is 5.75 Å². The summed E-state index contributed by atoms with van der Waals surface area (Å²) in [6.07, 6.45) is 3.79. The maximum Gasteiger partial charge on any atom is 0.120 e. The number of ether oxygens (including phenoxy) is 1. The van der Waals surface area contributed by atoms with Crippen LogP contribution in [0.15, 0.2) is 24.3 Å². The first-order chi connectivity index (χ1) is 7.84. The van der Waals surface area contributed by atoms with Gasteiger partial charge in [-0.15, -0.1) is 0 Å². The summed E-state index contributed by atoms with van der Waals surface area (Å²) in [6.45, 7) is 3.20. The Morgan fingerprint density at radius 2 is 2.12 bits per heavy atom. The predicted octanol–water partition coefficient (Wildman–Crippen LogP) is 3.06. The molecule has 1 aromatic rings. The van der Waals surface area contributed by atoms with Crippen molar-refractivity contribution in [2.45, 2.75) is 19.3 Å². The average Bonchev–Trinajstić information content (AvgIpc) is 2.30. The van der Waals surface area contributed by atoms with Crippen LogP contribution in [-0.4, -0.2) is 19.7 Å². The van der Waals surface area contributed by atoms with E-state index in [1.165, 1.54) is 35.9 Å². The van der Waals surface area contributed by atoms with Crippen LogP contribution in [0.5, 0.6) is 5.75 Å². The normalized spacial score (nSPS) is 17.3. The molecule has 1 N–H and O–H groups in total. The van der Waals surface area contributed by atoms with Gasteiger partial charge in [0.05, 0.1) is 6.61 Å². The second-order valence-corrected chi connectivity index (χ2v) is 5.53. The summed E-state index contributed by atoms with van der Waals surface area (Å²) in [4.78, 5) is 0. The summed E-state index contributed by atoms with van der Waals surface area (Å²) in [7, 11) is 0. The van der Waals surface area contributed by atoms with Gasteiger partial charge in [0.2, 0.25) is 0 Å². The van der Waals surface area contributed by atoms with Gasteiger partial charge in [0.15, 0.2) is 0 Å². The lowest BCUT2D eigenvalue weighted by Crippen LogP contribution is -2.28. The fraction of sp³-hybridized carbons (Fsp3) is 0.538. The lowest BCUT2D eigenvalue weighted by atomic mass is 9.95. The highest BCUT2D eigenvalue weighted by Gasteiger charge is 2.12. The molecule has 2 rings (SSSR count). The molecule has 0 unspecified atom stereocenters. The Hall–Kier alpha value is -0.290. The molecule has 0 aromatic heterocycles. The molecule has 0 bridgehead atoms. The Morgan fingerprint density at radius 3 is 2.88 bits per heavy atom. The molecule has 1 saturated heterocycles. The summed E-state index contributed by atoms with van der Waals surface area (Å²) in [5, 5.41) is 3.39.